The van der Waals surface area contributed by atoms with Crippen molar-refractivity contribution in [3.63, 3.8) is 0 Å². The summed E-state index contributed by atoms with van der Waals surface area (Å²) in [6.07, 6.45) is 9.27. The first kappa shape index (κ1) is 10.5. The Kier molecular flexibility index (Phi) is 3.29. The molecule has 3 nitrogen and oxygen atoms in total. The fourth-order valence-corrected chi connectivity index (χ4v) is 2.61. The molecule has 0 radical (unpaired) electrons. The number of hydrogen-bond acceptors (Lipinski definition) is 2. The van der Waals surface area contributed by atoms with Crippen molar-refractivity contribution >= 4 is 0 Å². The summed E-state index contributed by atoms with van der Waals surface area (Å²) in [5.74, 6) is 0.915. The van der Waals surface area contributed by atoms with Crippen LogP contribution in [0.25, 0.3) is 0 Å². The Hall–Kier alpha value is -0.990. The van der Waals surface area contributed by atoms with E-state index in [9.17, 15) is 5.11 Å². The van der Waals surface area contributed by atoms with E-state index in [0.29, 0.717) is 11.7 Å². The minimum atomic E-state index is 0.392. The molecule has 15 heavy (non-hydrogen) atoms. The number of nitrogens with zero attached hydrogens (tertiary/aromatic N) is 2. The van der Waals surface area contributed by atoms with Gasteiger partial charge in [0.15, 0.2) is 5.75 Å². The zero-order chi connectivity index (χ0) is 10.7. The summed E-state index contributed by atoms with van der Waals surface area (Å²) in [6.45, 7) is 2.93. The highest BCUT2D eigenvalue weighted by atomic mass is 16.3. The monoisotopic (exact) mass is 208 g/mol. The van der Waals surface area contributed by atoms with Gasteiger partial charge in [0.1, 0.15) is 0 Å². The van der Waals surface area contributed by atoms with Gasteiger partial charge in [-0.1, -0.05) is 25.7 Å². The van der Waals surface area contributed by atoms with Crippen molar-refractivity contribution in [1.82, 2.24) is 9.78 Å². The van der Waals surface area contributed by atoms with Gasteiger partial charge < -0.3 is 5.11 Å². The van der Waals surface area contributed by atoms with Crippen molar-refractivity contribution in [3.8, 4) is 5.75 Å². The minimum Gasteiger partial charge on any atom is -0.504 e. The van der Waals surface area contributed by atoms with Gasteiger partial charge in [0.25, 0.3) is 0 Å². The van der Waals surface area contributed by atoms with Gasteiger partial charge in [-0.3, -0.25) is 4.68 Å². The van der Waals surface area contributed by atoms with Gasteiger partial charge >= 0.3 is 0 Å². The molecular formula is C12H20N2O. The fourth-order valence-electron chi connectivity index (χ4n) is 2.61. The SMILES string of the molecule is CCn1ncc(O)c1C1CCCCCC1. The quantitative estimate of drug-likeness (QED) is 0.758. The minimum absolute atomic E-state index is 0.392. The molecule has 0 aromatic carbocycles. The maximum Gasteiger partial charge on any atom is 0.157 e. The second kappa shape index (κ2) is 4.69. The van der Waals surface area contributed by atoms with E-state index in [-0.39, 0.29) is 0 Å². The molecular weight excluding hydrogens is 188 g/mol. The molecule has 0 saturated heterocycles. The smallest absolute Gasteiger partial charge is 0.157 e. The molecule has 0 unspecified atom stereocenters. The number of aromatic hydroxyl groups is 1. The number of aryl methyl sites for hydroxylation is 1. The van der Waals surface area contributed by atoms with Gasteiger partial charge in [-0.15, -0.1) is 0 Å². The van der Waals surface area contributed by atoms with Crippen molar-refractivity contribution in [3.05, 3.63) is 11.9 Å². The van der Waals surface area contributed by atoms with Crippen LogP contribution in [0.2, 0.25) is 0 Å². The first-order chi connectivity index (χ1) is 7.33. The summed E-state index contributed by atoms with van der Waals surface area (Å²) < 4.78 is 1.95. The summed E-state index contributed by atoms with van der Waals surface area (Å²) >= 11 is 0. The maximum absolute atomic E-state index is 9.82. The molecule has 3 heteroatoms. The van der Waals surface area contributed by atoms with Crippen molar-refractivity contribution in [2.24, 2.45) is 0 Å². The highest BCUT2D eigenvalue weighted by Gasteiger charge is 2.21. The van der Waals surface area contributed by atoms with E-state index in [0.717, 1.165) is 12.2 Å². The van der Waals surface area contributed by atoms with Crippen LogP contribution in [0, 0.1) is 0 Å². The Bertz CT molecular complexity index is 311. The summed E-state index contributed by atoms with van der Waals surface area (Å²) in [7, 11) is 0. The van der Waals surface area contributed by atoms with Gasteiger partial charge in [-0.2, -0.15) is 5.10 Å². The van der Waals surface area contributed by atoms with E-state index in [1.54, 1.807) is 6.20 Å². The molecule has 0 amide bonds. The molecule has 84 valence electrons. The molecule has 1 fully saturated rings. The normalized spacial score (nSPS) is 19.0. The second-order valence-electron chi connectivity index (χ2n) is 4.42. The molecule has 1 heterocycles. The summed E-state index contributed by atoms with van der Waals surface area (Å²) in [6, 6.07) is 0. The van der Waals surface area contributed by atoms with E-state index >= 15 is 0 Å². The molecule has 1 aromatic rings. The Balaban J connectivity index is 2.21. The van der Waals surface area contributed by atoms with Crippen LogP contribution in [0.5, 0.6) is 5.75 Å². The maximum atomic E-state index is 9.82. The van der Waals surface area contributed by atoms with Crippen molar-refractivity contribution in [1.29, 1.82) is 0 Å². The Morgan fingerprint density at radius 2 is 2.00 bits per heavy atom. The van der Waals surface area contributed by atoms with Crippen molar-refractivity contribution < 1.29 is 5.11 Å². The van der Waals surface area contributed by atoms with E-state index in [1.165, 1.54) is 38.5 Å². The lowest BCUT2D eigenvalue weighted by Crippen LogP contribution is -2.08. The highest BCUT2D eigenvalue weighted by molar-refractivity contribution is 5.27. The van der Waals surface area contributed by atoms with Crippen molar-refractivity contribution in [2.45, 2.75) is 57.9 Å². The molecule has 1 N–H and O–H groups in total. The summed E-state index contributed by atoms with van der Waals surface area (Å²) in [5.41, 5.74) is 1.07. The number of rotatable bonds is 2. The van der Waals surface area contributed by atoms with E-state index < -0.39 is 0 Å². The lowest BCUT2D eigenvalue weighted by molar-refractivity contribution is 0.440. The van der Waals surface area contributed by atoms with E-state index in [1.807, 2.05) is 4.68 Å². The predicted molar refractivity (Wildman–Crippen MR) is 60.0 cm³/mol. The average molecular weight is 208 g/mol. The van der Waals surface area contributed by atoms with Gasteiger partial charge in [0, 0.05) is 12.5 Å². The number of hydrogen-bond donors (Lipinski definition) is 1. The van der Waals surface area contributed by atoms with E-state index in [2.05, 4.69) is 12.0 Å². The van der Waals surface area contributed by atoms with Crippen molar-refractivity contribution in [2.75, 3.05) is 0 Å². The Morgan fingerprint density at radius 1 is 1.33 bits per heavy atom. The van der Waals surface area contributed by atoms with Crippen LogP contribution in [-0.2, 0) is 6.54 Å². The zero-order valence-electron chi connectivity index (χ0n) is 9.45. The molecule has 0 bridgehead atoms. The van der Waals surface area contributed by atoms with Crippen LogP contribution < -0.4 is 0 Å². The van der Waals surface area contributed by atoms with Crippen LogP contribution in [0.3, 0.4) is 0 Å². The third-order valence-corrected chi connectivity index (χ3v) is 3.40. The molecule has 0 atom stereocenters. The van der Waals surface area contributed by atoms with Crippen LogP contribution in [0.4, 0.5) is 0 Å². The van der Waals surface area contributed by atoms with Gasteiger partial charge in [-0.05, 0) is 19.8 Å². The molecule has 0 spiro atoms. The third-order valence-electron chi connectivity index (χ3n) is 3.40. The summed E-state index contributed by atoms with van der Waals surface area (Å²) in [5, 5.41) is 14.0. The van der Waals surface area contributed by atoms with E-state index in [4.69, 9.17) is 0 Å². The highest BCUT2D eigenvalue weighted by Crippen LogP contribution is 2.35. The van der Waals surface area contributed by atoms with Gasteiger partial charge in [0.2, 0.25) is 0 Å². The van der Waals surface area contributed by atoms with Crippen LogP contribution >= 0.6 is 0 Å². The van der Waals surface area contributed by atoms with Crippen LogP contribution in [-0.4, -0.2) is 14.9 Å². The van der Waals surface area contributed by atoms with Gasteiger partial charge in [0.05, 0.1) is 11.9 Å². The Morgan fingerprint density at radius 3 is 2.60 bits per heavy atom. The third kappa shape index (κ3) is 2.16. The lowest BCUT2D eigenvalue weighted by Gasteiger charge is -2.15. The van der Waals surface area contributed by atoms with Crippen LogP contribution in [0.15, 0.2) is 6.20 Å². The van der Waals surface area contributed by atoms with Crippen LogP contribution in [0.1, 0.15) is 57.1 Å². The summed E-state index contributed by atoms with van der Waals surface area (Å²) in [4.78, 5) is 0. The topological polar surface area (TPSA) is 38.0 Å². The molecule has 0 aliphatic heterocycles. The zero-order valence-corrected chi connectivity index (χ0v) is 9.45. The molecule has 1 aromatic heterocycles. The molecule has 2 rings (SSSR count). The first-order valence-corrected chi connectivity index (χ1v) is 6.07. The molecule has 1 saturated carbocycles. The average Bonchev–Trinajstić information content (AvgIpc) is 2.48. The largest absolute Gasteiger partial charge is 0.504 e. The first-order valence-electron chi connectivity index (χ1n) is 6.07. The second-order valence-corrected chi connectivity index (χ2v) is 4.42. The molecule has 1 aliphatic carbocycles. The molecule has 1 aliphatic rings. The van der Waals surface area contributed by atoms with Gasteiger partial charge in [-0.25, -0.2) is 0 Å². The lowest BCUT2D eigenvalue weighted by atomic mass is 9.96. The standard InChI is InChI=1S/C12H20N2O/c1-2-14-12(11(15)9-13-14)10-7-5-3-4-6-8-10/h9-10,15H,2-8H2,1H3. The fraction of sp³-hybridized carbons (Fsp3) is 0.750. The number of aromatic nitrogens is 2. The Labute approximate surface area is 91.1 Å². The predicted octanol–water partition coefficient (Wildman–Crippen LogP) is 3.05.